The van der Waals surface area contributed by atoms with Crippen LogP contribution in [0.5, 0.6) is 0 Å². The van der Waals surface area contributed by atoms with Crippen molar-refractivity contribution in [2.75, 3.05) is 11.9 Å². The fourth-order valence-corrected chi connectivity index (χ4v) is 3.04. The minimum atomic E-state index is 0.458. The van der Waals surface area contributed by atoms with E-state index in [1.165, 1.54) is 22.4 Å². The molecule has 0 spiro atoms. The van der Waals surface area contributed by atoms with E-state index in [-0.39, 0.29) is 0 Å². The molecule has 104 valence electrons. The molecule has 2 nitrogen and oxygen atoms in total. The Morgan fingerprint density at radius 3 is 2.10 bits per heavy atom. The maximum atomic E-state index is 3.36. The fraction of sp³-hybridized carbons (Fsp3) is 0.333. The van der Waals surface area contributed by atoms with Crippen LogP contribution in [0.1, 0.15) is 36.1 Å². The number of hydrogen-bond donors (Lipinski definition) is 1. The van der Waals surface area contributed by atoms with Crippen molar-refractivity contribution in [1.29, 1.82) is 0 Å². The lowest BCUT2D eigenvalue weighted by Gasteiger charge is -2.20. The summed E-state index contributed by atoms with van der Waals surface area (Å²) in [6.07, 6.45) is 1.12. The Kier molecular flexibility index (Phi) is 3.75. The Hall–Kier alpha value is -1.80. The quantitative estimate of drug-likeness (QED) is 0.903. The number of nitrogens with one attached hydrogen (secondary N) is 1. The SMILES string of the molecule is CCC(NC)c1ccc(N2Cc3ccccc3C2)cc1. The highest BCUT2D eigenvalue weighted by Gasteiger charge is 2.18. The highest BCUT2D eigenvalue weighted by atomic mass is 15.1. The van der Waals surface area contributed by atoms with Gasteiger partial charge in [0.05, 0.1) is 0 Å². The van der Waals surface area contributed by atoms with Crippen LogP contribution in [0.3, 0.4) is 0 Å². The van der Waals surface area contributed by atoms with Crippen molar-refractivity contribution in [2.45, 2.75) is 32.5 Å². The third-order valence-electron chi connectivity index (χ3n) is 4.26. The van der Waals surface area contributed by atoms with Gasteiger partial charge < -0.3 is 10.2 Å². The van der Waals surface area contributed by atoms with E-state index in [1.807, 2.05) is 7.05 Å². The van der Waals surface area contributed by atoms with E-state index >= 15 is 0 Å². The number of nitrogens with zero attached hydrogens (tertiary/aromatic N) is 1. The van der Waals surface area contributed by atoms with Gasteiger partial charge in [-0.2, -0.15) is 0 Å². The summed E-state index contributed by atoms with van der Waals surface area (Å²) in [5.41, 5.74) is 5.60. The fourth-order valence-electron chi connectivity index (χ4n) is 3.04. The number of benzene rings is 2. The molecule has 0 aliphatic carbocycles. The van der Waals surface area contributed by atoms with Gasteiger partial charge in [-0.15, -0.1) is 0 Å². The molecule has 1 unspecified atom stereocenters. The predicted octanol–water partition coefficient (Wildman–Crippen LogP) is 3.88. The van der Waals surface area contributed by atoms with Crippen molar-refractivity contribution in [3.05, 3.63) is 65.2 Å². The van der Waals surface area contributed by atoms with Crippen LogP contribution in [0.2, 0.25) is 0 Å². The normalized spacial score (nSPS) is 15.2. The average Bonchev–Trinajstić information content (AvgIpc) is 2.93. The van der Waals surface area contributed by atoms with Gasteiger partial charge in [0.15, 0.2) is 0 Å². The van der Waals surface area contributed by atoms with E-state index in [0.717, 1.165) is 19.5 Å². The number of rotatable bonds is 4. The second-order valence-corrected chi connectivity index (χ2v) is 5.47. The molecule has 1 atom stereocenters. The van der Waals surface area contributed by atoms with E-state index < -0.39 is 0 Å². The highest BCUT2D eigenvalue weighted by molar-refractivity contribution is 5.52. The first-order chi connectivity index (χ1) is 9.81. The van der Waals surface area contributed by atoms with Gasteiger partial charge in [-0.3, -0.25) is 0 Å². The predicted molar refractivity (Wildman–Crippen MR) is 84.9 cm³/mol. The average molecular weight is 266 g/mol. The zero-order chi connectivity index (χ0) is 13.9. The van der Waals surface area contributed by atoms with Gasteiger partial charge in [0, 0.05) is 24.8 Å². The van der Waals surface area contributed by atoms with Gasteiger partial charge in [-0.25, -0.2) is 0 Å². The Morgan fingerprint density at radius 2 is 1.60 bits per heavy atom. The van der Waals surface area contributed by atoms with Crippen molar-refractivity contribution in [2.24, 2.45) is 0 Å². The second-order valence-electron chi connectivity index (χ2n) is 5.47. The molecule has 1 aliphatic heterocycles. The maximum Gasteiger partial charge on any atom is 0.0436 e. The molecule has 2 heteroatoms. The number of hydrogen-bond acceptors (Lipinski definition) is 2. The first-order valence-electron chi connectivity index (χ1n) is 7.40. The molecular weight excluding hydrogens is 244 g/mol. The van der Waals surface area contributed by atoms with Crippen LogP contribution in [0.15, 0.2) is 48.5 Å². The number of fused-ring (bicyclic) bond motifs is 1. The highest BCUT2D eigenvalue weighted by Crippen LogP contribution is 2.29. The smallest absolute Gasteiger partial charge is 0.0436 e. The monoisotopic (exact) mass is 266 g/mol. The van der Waals surface area contributed by atoms with Crippen molar-refractivity contribution in [3.8, 4) is 0 Å². The minimum Gasteiger partial charge on any atom is -0.363 e. The van der Waals surface area contributed by atoms with Crippen molar-refractivity contribution in [3.63, 3.8) is 0 Å². The van der Waals surface area contributed by atoms with Crippen LogP contribution < -0.4 is 10.2 Å². The first-order valence-corrected chi connectivity index (χ1v) is 7.40. The first kappa shape index (κ1) is 13.2. The molecule has 20 heavy (non-hydrogen) atoms. The van der Waals surface area contributed by atoms with Gasteiger partial charge in [0.25, 0.3) is 0 Å². The summed E-state index contributed by atoms with van der Waals surface area (Å²) in [6, 6.07) is 18.2. The molecule has 2 aromatic carbocycles. The summed E-state index contributed by atoms with van der Waals surface area (Å²) in [5, 5.41) is 3.36. The topological polar surface area (TPSA) is 15.3 Å². The summed E-state index contributed by atoms with van der Waals surface area (Å²) >= 11 is 0. The van der Waals surface area contributed by atoms with Crippen LogP contribution in [-0.4, -0.2) is 7.05 Å². The van der Waals surface area contributed by atoms with Gasteiger partial charge >= 0.3 is 0 Å². The van der Waals surface area contributed by atoms with Crippen LogP contribution in [0, 0.1) is 0 Å². The molecule has 2 aromatic rings. The van der Waals surface area contributed by atoms with Crippen molar-refractivity contribution < 1.29 is 0 Å². The minimum absolute atomic E-state index is 0.458. The van der Waals surface area contributed by atoms with Crippen molar-refractivity contribution >= 4 is 5.69 Å². The summed E-state index contributed by atoms with van der Waals surface area (Å²) in [7, 11) is 2.03. The van der Waals surface area contributed by atoms with Gasteiger partial charge in [-0.1, -0.05) is 43.3 Å². The summed E-state index contributed by atoms with van der Waals surface area (Å²) in [6.45, 7) is 4.27. The molecule has 1 heterocycles. The van der Waals surface area contributed by atoms with Gasteiger partial charge in [0.2, 0.25) is 0 Å². The van der Waals surface area contributed by atoms with Crippen LogP contribution >= 0.6 is 0 Å². The molecule has 1 aliphatic rings. The lowest BCUT2D eigenvalue weighted by Crippen LogP contribution is -2.16. The molecule has 0 saturated heterocycles. The Morgan fingerprint density at radius 1 is 1.00 bits per heavy atom. The molecular formula is C18H22N2. The summed E-state index contributed by atoms with van der Waals surface area (Å²) in [5.74, 6) is 0. The van der Waals surface area contributed by atoms with Gasteiger partial charge in [-0.05, 0) is 42.3 Å². The van der Waals surface area contributed by atoms with E-state index in [0.29, 0.717) is 6.04 Å². The standard InChI is InChI=1S/C18H22N2/c1-3-18(19-2)14-8-10-17(11-9-14)20-12-15-6-4-5-7-16(15)13-20/h4-11,18-19H,3,12-13H2,1-2H3. The lowest BCUT2D eigenvalue weighted by molar-refractivity contribution is 0.577. The molecule has 0 saturated carbocycles. The third kappa shape index (κ3) is 2.44. The Labute approximate surface area is 121 Å². The number of anilines is 1. The van der Waals surface area contributed by atoms with Crippen LogP contribution in [0.4, 0.5) is 5.69 Å². The molecule has 1 N–H and O–H groups in total. The Bertz CT molecular complexity index is 545. The molecule has 0 fully saturated rings. The van der Waals surface area contributed by atoms with E-state index in [9.17, 15) is 0 Å². The molecule has 3 rings (SSSR count). The Balaban J connectivity index is 1.77. The summed E-state index contributed by atoms with van der Waals surface area (Å²) < 4.78 is 0. The van der Waals surface area contributed by atoms with E-state index in [4.69, 9.17) is 0 Å². The molecule has 0 bridgehead atoms. The zero-order valence-electron chi connectivity index (χ0n) is 12.3. The van der Waals surface area contributed by atoms with Gasteiger partial charge in [0.1, 0.15) is 0 Å². The second kappa shape index (κ2) is 5.68. The molecule has 0 amide bonds. The third-order valence-corrected chi connectivity index (χ3v) is 4.26. The molecule has 0 aromatic heterocycles. The van der Waals surface area contributed by atoms with Crippen LogP contribution in [0.25, 0.3) is 0 Å². The lowest BCUT2D eigenvalue weighted by atomic mass is 10.0. The largest absolute Gasteiger partial charge is 0.363 e. The van der Waals surface area contributed by atoms with Crippen molar-refractivity contribution in [1.82, 2.24) is 5.32 Å². The van der Waals surface area contributed by atoms with Crippen LogP contribution in [-0.2, 0) is 13.1 Å². The van der Waals surface area contributed by atoms with E-state index in [1.54, 1.807) is 0 Å². The summed E-state index contributed by atoms with van der Waals surface area (Å²) in [4.78, 5) is 2.44. The van der Waals surface area contributed by atoms with E-state index in [2.05, 4.69) is 65.7 Å². The maximum absolute atomic E-state index is 3.36. The zero-order valence-corrected chi connectivity index (χ0v) is 12.3. The molecule has 0 radical (unpaired) electrons.